The maximum atomic E-state index is 5.11. The standard InChI is InChI=1S/C8H18N2S/c1-6-8(2,3)9-7(11)10(4)5/h6H2,1-5H3,(H,9,11). The Kier molecular flexibility index (Phi) is 3.79. The third-order valence-electron chi connectivity index (χ3n) is 1.74. The molecule has 0 heterocycles. The summed E-state index contributed by atoms with van der Waals surface area (Å²) in [4.78, 5) is 1.91. The van der Waals surface area contributed by atoms with E-state index in [2.05, 4.69) is 26.1 Å². The van der Waals surface area contributed by atoms with Gasteiger partial charge < -0.3 is 10.2 Å². The molecule has 0 amide bonds. The van der Waals surface area contributed by atoms with E-state index in [4.69, 9.17) is 12.2 Å². The molecule has 0 aromatic carbocycles. The van der Waals surface area contributed by atoms with Crippen LogP contribution >= 0.6 is 12.2 Å². The van der Waals surface area contributed by atoms with Crippen molar-refractivity contribution in [2.75, 3.05) is 14.1 Å². The fourth-order valence-corrected chi connectivity index (χ4v) is 0.766. The SMILES string of the molecule is CCC(C)(C)NC(=S)N(C)C. The summed E-state index contributed by atoms with van der Waals surface area (Å²) in [5, 5.41) is 4.07. The van der Waals surface area contributed by atoms with Crippen LogP contribution in [-0.4, -0.2) is 29.6 Å². The molecule has 0 aliphatic heterocycles. The average molecular weight is 174 g/mol. The Labute approximate surface area is 75.0 Å². The molecule has 0 rings (SSSR count). The number of nitrogens with one attached hydrogen (secondary N) is 1. The number of hydrogen-bond donors (Lipinski definition) is 1. The van der Waals surface area contributed by atoms with Crippen molar-refractivity contribution in [3.8, 4) is 0 Å². The second-order valence-electron chi connectivity index (χ2n) is 3.56. The highest BCUT2D eigenvalue weighted by molar-refractivity contribution is 7.80. The fraction of sp³-hybridized carbons (Fsp3) is 0.875. The predicted octanol–water partition coefficient (Wildman–Crippen LogP) is 1.61. The van der Waals surface area contributed by atoms with Crippen molar-refractivity contribution in [2.24, 2.45) is 0 Å². The number of hydrogen-bond acceptors (Lipinski definition) is 1. The third kappa shape index (κ3) is 4.19. The molecule has 11 heavy (non-hydrogen) atoms. The van der Waals surface area contributed by atoms with Gasteiger partial charge in [0, 0.05) is 19.6 Å². The topological polar surface area (TPSA) is 15.3 Å². The summed E-state index contributed by atoms with van der Waals surface area (Å²) in [6.45, 7) is 6.43. The Hall–Kier alpha value is -0.310. The molecular formula is C8H18N2S. The van der Waals surface area contributed by atoms with Crippen LogP contribution < -0.4 is 5.32 Å². The first-order valence-electron chi connectivity index (χ1n) is 3.88. The van der Waals surface area contributed by atoms with Gasteiger partial charge in [0.15, 0.2) is 5.11 Å². The Balaban J connectivity index is 3.94. The highest BCUT2D eigenvalue weighted by Crippen LogP contribution is 2.06. The predicted molar refractivity (Wildman–Crippen MR) is 53.8 cm³/mol. The second-order valence-corrected chi connectivity index (χ2v) is 3.95. The van der Waals surface area contributed by atoms with E-state index in [1.54, 1.807) is 0 Å². The Morgan fingerprint density at radius 2 is 1.91 bits per heavy atom. The average Bonchev–Trinajstić information content (AvgIpc) is 1.87. The zero-order valence-electron chi connectivity index (χ0n) is 8.06. The minimum atomic E-state index is 0.112. The van der Waals surface area contributed by atoms with Crippen LogP contribution in [0.4, 0.5) is 0 Å². The van der Waals surface area contributed by atoms with Crippen LogP contribution in [0.25, 0.3) is 0 Å². The molecule has 0 unspecified atom stereocenters. The molecule has 0 saturated heterocycles. The zero-order valence-corrected chi connectivity index (χ0v) is 8.88. The molecule has 0 radical (unpaired) electrons. The van der Waals surface area contributed by atoms with Gasteiger partial charge in [0.05, 0.1) is 0 Å². The van der Waals surface area contributed by atoms with Gasteiger partial charge in [0.25, 0.3) is 0 Å². The first-order valence-corrected chi connectivity index (χ1v) is 4.29. The molecule has 0 aliphatic rings. The van der Waals surface area contributed by atoms with Gasteiger partial charge in [-0.25, -0.2) is 0 Å². The van der Waals surface area contributed by atoms with E-state index in [9.17, 15) is 0 Å². The number of rotatable bonds is 2. The quantitative estimate of drug-likeness (QED) is 0.640. The van der Waals surface area contributed by atoms with Crippen LogP contribution in [0.15, 0.2) is 0 Å². The monoisotopic (exact) mass is 174 g/mol. The van der Waals surface area contributed by atoms with Crippen LogP contribution in [0.2, 0.25) is 0 Å². The Morgan fingerprint density at radius 3 is 2.18 bits per heavy atom. The lowest BCUT2D eigenvalue weighted by molar-refractivity contribution is 0.424. The summed E-state index contributed by atoms with van der Waals surface area (Å²) in [6.07, 6.45) is 1.07. The Morgan fingerprint density at radius 1 is 1.45 bits per heavy atom. The highest BCUT2D eigenvalue weighted by atomic mass is 32.1. The molecular weight excluding hydrogens is 156 g/mol. The molecule has 0 fully saturated rings. The van der Waals surface area contributed by atoms with Gasteiger partial charge in [-0.15, -0.1) is 0 Å². The summed E-state index contributed by atoms with van der Waals surface area (Å²) >= 11 is 5.11. The minimum absolute atomic E-state index is 0.112. The second kappa shape index (κ2) is 3.90. The van der Waals surface area contributed by atoms with E-state index < -0.39 is 0 Å². The largest absolute Gasteiger partial charge is 0.358 e. The van der Waals surface area contributed by atoms with Crippen molar-refractivity contribution in [2.45, 2.75) is 32.7 Å². The molecule has 0 spiro atoms. The van der Waals surface area contributed by atoms with E-state index in [-0.39, 0.29) is 5.54 Å². The summed E-state index contributed by atoms with van der Waals surface area (Å²) in [5.74, 6) is 0. The molecule has 3 heteroatoms. The minimum Gasteiger partial charge on any atom is -0.358 e. The van der Waals surface area contributed by atoms with Crippen molar-refractivity contribution in [3.63, 3.8) is 0 Å². The lowest BCUT2D eigenvalue weighted by Crippen LogP contribution is -2.47. The number of nitrogens with zero attached hydrogens (tertiary/aromatic N) is 1. The van der Waals surface area contributed by atoms with Gasteiger partial charge in [0.2, 0.25) is 0 Å². The maximum absolute atomic E-state index is 5.11. The van der Waals surface area contributed by atoms with E-state index >= 15 is 0 Å². The zero-order chi connectivity index (χ0) is 9.07. The van der Waals surface area contributed by atoms with E-state index in [1.807, 2.05) is 19.0 Å². The molecule has 1 N–H and O–H groups in total. The molecule has 2 nitrogen and oxygen atoms in total. The van der Waals surface area contributed by atoms with Crippen molar-refractivity contribution in [3.05, 3.63) is 0 Å². The smallest absolute Gasteiger partial charge is 0.168 e. The lowest BCUT2D eigenvalue weighted by atomic mass is 10.0. The fourth-order valence-electron chi connectivity index (χ4n) is 0.490. The van der Waals surface area contributed by atoms with E-state index in [0.29, 0.717) is 0 Å². The van der Waals surface area contributed by atoms with Gasteiger partial charge in [-0.3, -0.25) is 0 Å². The van der Waals surface area contributed by atoms with Gasteiger partial charge in [-0.2, -0.15) is 0 Å². The van der Waals surface area contributed by atoms with Crippen LogP contribution in [0.3, 0.4) is 0 Å². The lowest BCUT2D eigenvalue weighted by Gasteiger charge is -2.28. The normalized spacial score (nSPS) is 11.0. The summed E-state index contributed by atoms with van der Waals surface area (Å²) in [6, 6.07) is 0. The number of thiocarbonyl (C=S) groups is 1. The Bertz CT molecular complexity index is 141. The molecule has 0 bridgehead atoms. The van der Waals surface area contributed by atoms with Gasteiger partial charge in [-0.05, 0) is 32.5 Å². The first kappa shape index (κ1) is 10.7. The molecule has 0 aliphatic carbocycles. The summed E-state index contributed by atoms with van der Waals surface area (Å²) in [5.41, 5.74) is 0.112. The van der Waals surface area contributed by atoms with E-state index in [1.165, 1.54) is 0 Å². The van der Waals surface area contributed by atoms with Crippen molar-refractivity contribution >= 4 is 17.3 Å². The molecule has 0 atom stereocenters. The third-order valence-corrected chi connectivity index (χ3v) is 2.20. The maximum Gasteiger partial charge on any atom is 0.168 e. The van der Waals surface area contributed by atoms with E-state index in [0.717, 1.165) is 11.5 Å². The highest BCUT2D eigenvalue weighted by Gasteiger charge is 2.15. The molecule has 66 valence electrons. The van der Waals surface area contributed by atoms with Gasteiger partial charge in [-0.1, -0.05) is 6.92 Å². The molecule has 0 saturated carbocycles. The van der Waals surface area contributed by atoms with Crippen molar-refractivity contribution in [1.29, 1.82) is 0 Å². The van der Waals surface area contributed by atoms with Crippen molar-refractivity contribution < 1.29 is 0 Å². The summed E-state index contributed by atoms with van der Waals surface area (Å²) in [7, 11) is 3.89. The van der Waals surface area contributed by atoms with Crippen LogP contribution in [-0.2, 0) is 0 Å². The first-order chi connectivity index (χ1) is 4.89. The van der Waals surface area contributed by atoms with Crippen molar-refractivity contribution in [1.82, 2.24) is 10.2 Å². The van der Waals surface area contributed by atoms with Crippen LogP contribution in [0.1, 0.15) is 27.2 Å². The van der Waals surface area contributed by atoms with Crippen LogP contribution in [0, 0.1) is 0 Å². The molecule has 0 aromatic heterocycles. The van der Waals surface area contributed by atoms with Gasteiger partial charge in [0.1, 0.15) is 0 Å². The molecule has 0 aromatic rings. The van der Waals surface area contributed by atoms with Crippen LogP contribution in [0.5, 0.6) is 0 Å². The van der Waals surface area contributed by atoms with Gasteiger partial charge >= 0.3 is 0 Å². The summed E-state index contributed by atoms with van der Waals surface area (Å²) < 4.78 is 0.